The number of nitrogens with zero attached hydrogens (tertiary/aromatic N) is 1. The Kier molecular flexibility index (Phi) is 3.49. The van der Waals surface area contributed by atoms with E-state index >= 15 is 0 Å². The van der Waals surface area contributed by atoms with Crippen molar-refractivity contribution in [1.29, 1.82) is 0 Å². The topological polar surface area (TPSA) is 15.3 Å². The van der Waals surface area contributed by atoms with E-state index in [0.717, 1.165) is 17.1 Å². The average Bonchev–Trinajstić information content (AvgIpc) is 2.59. The van der Waals surface area contributed by atoms with Crippen LogP contribution in [0.5, 0.6) is 0 Å². The number of rotatable bonds is 1. The van der Waals surface area contributed by atoms with Gasteiger partial charge < -0.3 is 10.2 Å². The van der Waals surface area contributed by atoms with Crippen LogP contribution in [0.4, 0.5) is 0 Å². The molecule has 0 aromatic heterocycles. The lowest BCUT2D eigenvalue weighted by Gasteiger charge is -2.34. The second-order valence-corrected chi connectivity index (χ2v) is 5.58. The first kappa shape index (κ1) is 11.2. The summed E-state index contributed by atoms with van der Waals surface area (Å²) in [5.74, 6) is 0.922. The maximum Gasteiger partial charge on any atom is 0.169 e. The third kappa shape index (κ3) is 2.44. The van der Waals surface area contributed by atoms with E-state index in [9.17, 15) is 0 Å². The Morgan fingerprint density at radius 2 is 2.00 bits per heavy atom. The molecule has 1 aliphatic carbocycles. The molecule has 2 fully saturated rings. The van der Waals surface area contributed by atoms with Gasteiger partial charge in [0.2, 0.25) is 0 Å². The second-order valence-electron chi connectivity index (χ2n) is 5.20. The van der Waals surface area contributed by atoms with Gasteiger partial charge in [-0.05, 0) is 51.2 Å². The molecule has 2 unspecified atom stereocenters. The van der Waals surface area contributed by atoms with Gasteiger partial charge in [0.05, 0.1) is 0 Å². The van der Waals surface area contributed by atoms with E-state index in [1.165, 1.54) is 38.6 Å². The minimum Gasteiger partial charge on any atom is -0.360 e. The highest BCUT2D eigenvalue weighted by Gasteiger charge is 2.36. The molecule has 86 valence electrons. The average molecular weight is 226 g/mol. The summed E-state index contributed by atoms with van der Waals surface area (Å²) in [6.45, 7) is 5.48. The fourth-order valence-corrected chi connectivity index (χ4v) is 3.45. The summed E-state index contributed by atoms with van der Waals surface area (Å²) in [6, 6.07) is 1.21. The van der Waals surface area contributed by atoms with Crippen molar-refractivity contribution in [3.05, 3.63) is 0 Å². The van der Waals surface area contributed by atoms with Crippen LogP contribution < -0.4 is 5.32 Å². The number of hydrogen-bond acceptors (Lipinski definition) is 1. The zero-order chi connectivity index (χ0) is 10.8. The summed E-state index contributed by atoms with van der Waals surface area (Å²) >= 11 is 5.47. The van der Waals surface area contributed by atoms with Gasteiger partial charge in [0.15, 0.2) is 5.11 Å². The van der Waals surface area contributed by atoms with Crippen LogP contribution in [0.25, 0.3) is 0 Å². The largest absolute Gasteiger partial charge is 0.360 e. The Hall–Kier alpha value is -0.310. The van der Waals surface area contributed by atoms with Crippen molar-refractivity contribution in [1.82, 2.24) is 10.2 Å². The molecule has 0 aromatic carbocycles. The first-order valence-electron chi connectivity index (χ1n) is 6.25. The molecule has 0 spiro atoms. The predicted molar refractivity (Wildman–Crippen MR) is 67.9 cm³/mol. The predicted octanol–water partition coefficient (Wildman–Crippen LogP) is 2.53. The molecule has 2 rings (SSSR count). The van der Waals surface area contributed by atoms with Crippen molar-refractivity contribution < 1.29 is 0 Å². The van der Waals surface area contributed by atoms with Gasteiger partial charge in [-0.1, -0.05) is 12.8 Å². The number of fused-ring (bicyclic) bond motifs is 1. The van der Waals surface area contributed by atoms with Crippen LogP contribution >= 0.6 is 12.2 Å². The van der Waals surface area contributed by atoms with E-state index in [4.69, 9.17) is 12.2 Å². The van der Waals surface area contributed by atoms with Crippen LogP contribution in [-0.2, 0) is 0 Å². The lowest BCUT2D eigenvalue weighted by Crippen LogP contribution is -2.46. The molecular formula is C12H22N2S. The van der Waals surface area contributed by atoms with E-state index in [-0.39, 0.29) is 0 Å². The van der Waals surface area contributed by atoms with Gasteiger partial charge in [-0.25, -0.2) is 0 Å². The van der Waals surface area contributed by atoms with Crippen molar-refractivity contribution in [2.75, 3.05) is 6.54 Å². The molecule has 0 bridgehead atoms. The van der Waals surface area contributed by atoms with E-state index in [2.05, 4.69) is 24.1 Å². The van der Waals surface area contributed by atoms with Crippen molar-refractivity contribution in [3.63, 3.8) is 0 Å². The highest BCUT2D eigenvalue weighted by molar-refractivity contribution is 7.80. The molecule has 1 N–H and O–H groups in total. The van der Waals surface area contributed by atoms with Crippen LogP contribution in [0.1, 0.15) is 46.0 Å². The van der Waals surface area contributed by atoms with Crippen molar-refractivity contribution >= 4 is 17.3 Å². The van der Waals surface area contributed by atoms with Crippen LogP contribution in [0.3, 0.4) is 0 Å². The monoisotopic (exact) mass is 226 g/mol. The third-order valence-electron chi connectivity index (χ3n) is 3.68. The van der Waals surface area contributed by atoms with E-state index < -0.39 is 0 Å². The maximum absolute atomic E-state index is 5.47. The molecule has 1 saturated heterocycles. The smallest absolute Gasteiger partial charge is 0.169 e. The third-order valence-corrected chi connectivity index (χ3v) is 4.04. The lowest BCUT2D eigenvalue weighted by molar-refractivity contribution is 0.251. The zero-order valence-corrected chi connectivity index (χ0v) is 10.6. The van der Waals surface area contributed by atoms with Gasteiger partial charge in [-0.15, -0.1) is 0 Å². The van der Waals surface area contributed by atoms with E-state index in [1.807, 2.05) is 0 Å². The van der Waals surface area contributed by atoms with E-state index in [0.29, 0.717) is 6.04 Å². The highest BCUT2D eigenvalue weighted by atomic mass is 32.1. The van der Waals surface area contributed by atoms with Gasteiger partial charge in [0.1, 0.15) is 0 Å². The molecule has 1 aliphatic heterocycles. The highest BCUT2D eigenvalue weighted by Crippen LogP contribution is 2.36. The first-order chi connectivity index (χ1) is 7.18. The van der Waals surface area contributed by atoms with Crippen LogP contribution in [0, 0.1) is 5.92 Å². The van der Waals surface area contributed by atoms with Crippen molar-refractivity contribution in [2.45, 2.75) is 58.0 Å². The standard InChI is InChI=1S/C12H22N2S/c1-9(2)13-12(15)14-8-7-10-5-3-4-6-11(10)14/h9-11H,3-8H2,1-2H3,(H,13,15). The minimum atomic E-state index is 0.458. The summed E-state index contributed by atoms with van der Waals surface area (Å²) in [5, 5.41) is 4.36. The van der Waals surface area contributed by atoms with Gasteiger partial charge in [-0.2, -0.15) is 0 Å². The molecule has 0 aromatic rings. The quantitative estimate of drug-likeness (QED) is 0.692. The van der Waals surface area contributed by atoms with Gasteiger partial charge in [0, 0.05) is 18.6 Å². The molecule has 15 heavy (non-hydrogen) atoms. The summed E-state index contributed by atoms with van der Waals surface area (Å²) in [5.41, 5.74) is 0. The fraction of sp³-hybridized carbons (Fsp3) is 0.917. The maximum atomic E-state index is 5.47. The molecule has 0 amide bonds. The summed E-state index contributed by atoms with van der Waals surface area (Å²) in [4.78, 5) is 2.44. The first-order valence-corrected chi connectivity index (χ1v) is 6.66. The molecule has 2 atom stereocenters. The fourth-order valence-electron chi connectivity index (χ4n) is 2.99. The van der Waals surface area contributed by atoms with Gasteiger partial charge in [-0.3, -0.25) is 0 Å². The number of nitrogens with one attached hydrogen (secondary N) is 1. The summed E-state index contributed by atoms with van der Waals surface area (Å²) in [6.07, 6.45) is 6.95. The molecule has 1 heterocycles. The summed E-state index contributed by atoms with van der Waals surface area (Å²) in [7, 11) is 0. The molecule has 2 aliphatic rings. The second kappa shape index (κ2) is 4.69. The Labute approximate surface area is 98.4 Å². The normalized spacial score (nSPS) is 30.5. The lowest BCUT2D eigenvalue weighted by atomic mass is 9.85. The molecule has 1 saturated carbocycles. The Morgan fingerprint density at radius 1 is 1.27 bits per heavy atom. The molecule has 2 nitrogen and oxygen atoms in total. The Balaban J connectivity index is 1.95. The molecular weight excluding hydrogens is 204 g/mol. The van der Waals surface area contributed by atoms with Crippen LogP contribution in [0.15, 0.2) is 0 Å². The van der Waals surface area contributed by atoms with Crippen LogP contribution in [0.2, 0.25) is 0 Å². The Bertz CT molecular complexity index is 240. The van der Waals surface area contributed by atoms with E-state index in [1.54, 1.807) is 0 Å². The Morgan fingerprint density at radius 3 is 2.73 bits per heavy atom. The minimum absolute atomic E-state index is 0.458. The van der Waals surface area contributed by atoms with Crippen LogP contribution in [-0.4, -0.2) is 28.6 Å². The SMILES string of the molecule is CC(C)NC(=S)N1CCC2CCCCC21. The van der Waals surface area contributed by atoms with Crippen molar-refractivity contribution in [2.24, 2.45) is 5.92 Å². The molecule has 0 radical (unpaired) electrons. The zero-order valence-electron chi connectivity index (χ0n) is 9.83. The van der Waals surface area contributed by atoms with Gasteiger partial charge >= 0.3 is 0 Å². The van der Waals surface area contributed by atoms with Gasteiger partial charge in [0.25, 0.3) is 0 Å². The number of likely N-dealkylation sites (tertiary alicyclic amines) is 1. The molecule has 3 heteroatoms. The number of thiocarbonyl (C=S) groups is 1. The van der Waals surface area contributed by atoms with Crippen molar-refractivity contribution in [3.8, 4) is 0 Å². The number of hydrogen-bond donors (Lipinski definition) is 1. The summed E-state index contributed by atoms with van der Waals surface area (Å²) < 4.78 is 0.